The number of benzene rings is 1. The normalized spacial score (nSPS) is 19.0. The quantitative estimate of drug-likeness (QED) is 0.370. The molecule has 1 aliphatic carbocycles. The highest BCUT2D eigenvalue weighted by Crippen LogP contribution is 2.31. The molecular weight excluding hydrogens is 524 g/mol. The maximum absolute atomic E-state index is 12.8. The Balaban J connectivity index is 1.21. The lowest BCUT2D eigenvalue weighted by atomic mass is 10.1. The van der Waals surface area contributed by atoms with Gasteiger partial charge in [0.25, 0.3) is 5.91 Å². The molecule has 10 heteroatoms. The lowest BCUT2D eigenvalue weighted by Crippen LogP contribution is -2.55. The zero-order valence-electron chi connectivity index (χ0n) is 22.6. The summed E-state index contributed by atoms with van der Waals surface area (Å²) in [5, 5.41) is 7.38. The van der Waals surface area contributed by atoms with Crippen LogP contribution in [0.2, 0.25) is 0 Å². The molecule has 1 saturated heterocycles. The van der Waals surface area contributed by atoms with E-state index in [-0.39, 0.29) is 22.9 Å². The van der Waals surface area contributed by atoms with Crippen molar-refractivity contribution >= 4 is 32.5 Å². The number of carbonyl (C=O) groups excluding carboxylic acids is 1. The average molecular weight is 557 g/mol. The van der Waals surface area contributed by atoms with Crippen LogP contribution in [-0.2, 0) is 16.4 Å². The fourth-order valence-corrected chi connectivity index (χ4v) is 6.80. The number of nitrogens with zero attached hydrogens (tertiary/aromatic N) is 4. The first-order chi connectivity index (χ1) is 19.3. The number of sulfone groups is 1. The number of amides is 1. The van der Waals surface area contributed by atoms with Gasteiger partial charge in [-0.05, 0) is 74.2 Å². The molecule has 1 saturated carbocycles. The number of pyridine rings is 3. The molecule has 3 aromatic heterocycles. The van der Waals surface area contributed by atoms with Crippen LogP contribution in [0.5, 0.6) is 0 Å². The lowest BCUT2D eigenvalue weighted by Gasteiger charge is -2.39. The highest BCUT2D eigenvalue weighted by atomic mass is 32.2. The van der Waals surface area contributed by atoms with Gasteiger partial charge in [0.05, 0.1) is 34.0 Å². The van der Waals surface area contributed by atoms with E-state index in [0.29, 0.717) is 23.3 Å². The van der Waals surface area contributed by atoms with E-state index in [1.165, 1.54) is 25.3 Å². The number of piperazine rings is 1. The Morgan fingerprint density at radius 2 is 1.93 bits per heavy atom. The monoisotopic (exact) mass is 556 g/mol. The van der Waals surface area contributed by atoms with E-state index < -0.39 is 9.84 Å². The topological polar surface area (TPSA) is 117 Å². The zero-order valence-corrected chi connectivity index (χ0v) is 23.4. The molecule has 2 fully saturated rings. The van der Waals surface area contributed by atoms with E-state index in [0.717, 1.165) is 47.5 Å². The van der Waals surface area contributed by atoms with Crippen molar-refractivity contribution in [2.75, 3.05) is 24.2 Å². The maximum Gasteiger partial charge on any atom is 0.251 e. The van der Waals surface area contributed by atoms with Gasteiger partial charge in [0.15, 0.2) is 9.84 Å². The first-order valence-corrected chi connectivity index (χ1v) is 15.5. The number of anilines is 1. The van der Waals surface area contributed by atoms with Gasteiger partial charge in [-0.25, -0.2) is 18.4 Å². The predicted octanol–water partition coefficient (Wildman–Crippen LogP) is 3.66. The summed E-state index contributed by atoms with van der Waals surface area (Å²) < 4.78 is 24.1. The maximum atomic E-state index is 12.8. The summed E-state index contributed by atoms with van der Waals surface area (Å²) in [5.74, 6) is 0.623. The molecule has 6 rings (SSSR count). The minimum atomic E-state index is -3.43. The fraction of sp³-hybridized carbons (Fsp3) is 0.333. The van der Waals surface area contributed by atoms with Crippen molar-refractivity contribution in [1.29, 1.82) is 0 Å². The fourth-order valence-electron chi connectivity index (χ4n) is 5.81. The number of fused-ring (bicyclic) bond motifs is 2. The van der Waals surface area contributed by atoms with E-state index in [1.54, 1.807) is 25.3 Å². The predicted molar refractivity (Wildman–Crippen MR) is 155 cm³/mol. The summed E-state index contributed by atoms with van der Waals surface area (Å²) in [6.45, 7) is 3.81. The largest absolute Gasteiger partial charge is 0.351 e. The van der Waals surface area contributed by atoms with Gasteiger partial charge in [0.1, 0.15) is 5.82 Å². The Morgan fingerprint density at radius 3 is 2.77 bits per heavy atom. The van der Waals surface area contributed by atoms with Crippen LogP contribution in [0.3, 0.4) is 0 Å². The molecule has 0 radical (unpaired) electrons. The number of carbonyl (C=O) groups is 1. The van der Waals surface area contributed by atoms with Crippen molar-refractivity contribution in [1.82, 2.24) is 25.6 Å². The number of aryl methyl sites for hydroxylation is 1. The van der Waals surface area contributed by atoms with Crippen LogP contribution in [-0.4, -0.2) is 60.7 Å². The highest BCUT2D eigenvalue weighted by Gasteiger charge is 2.35. The minimum absolute atomic E-state index is 0.151. The molecule has 40 heavy (non-hydrogen) atoms. The summed E-state index contributed by atoms with van der Waals surface area (Å²) in [7, 11) is -3.43. The van der Waals surface area contributed by atoms with Crippen LogP contribution in [0.1, 0.15) is 40.9 Å². The second-order valence-corrected chi connectivity index (χ2v) is 12.6. The van der Waals surface area contributed by atoms with Crippen molar-refractivity contribution in [3.05, 3.63) is 77.6 Å². The molecule has 206 valence electrons. The smallest absolute Gasteiger partial charge is 0.251 e. The Labute approximate surface area is 234 Å². The van der Waals surface area contributed by atoms with Crippen LogP contribution in [0.15, 0.2) is 65.7 Å². The van der Waals surface area contributed by atoms with Crippen LogP contribution >= 0.6 is 0 Å². The van der Waals surface area contributed by atoms with Crippen LogP contribution in [0, 0.1) is 6.92 Å². The van der Waals surface area contributed by atoms with Gasteiger partial charge < -0.3 is 15.5 Å². The highest BCUT2D eigenvalue weighted by molar-refractivity contribution is 7.90. The molecule has 1 aliphatic heterocycles. The molecular formula is C30H32N6O3S. The SMILES string of the molecule is Cc1ccc(C(=O)NCc2cc3nc(-c4cccc(N5CCN[C@H]6CCC[C@H]65)n4)ccc3cn2)cc1S(C)(=O)=O. The summed E-state index contributed by atoms with van der Waals surface area (Å²) in [5.41, 5.74) is 3.90. The minimum Gasteiger partial charge on any atom is -0.351 e. The summed E-state index contributed by atoms with van der Waals surface area (Å²) in [4.78, 5) is 29.7. The molecule has 1 aromatic carbocycles. The number of nitrogens with one attached hydrogen (secondary N) is 2. The number of rotatable bonds is 6. The van der Waals surface area contributed by atoms with Gasteiger partial charge in [-0.2, -0.15) is 0 Å². The third kappa shape index (κ3) is 5.29. The van der Waals surface area contributed by atoms with Crippen molar-refractivity contribution in [2.45, 2.75) is 49.7 Å². The lowest BCUT2D eigenvalue weighted by molar-refractivity contribution is 0.0950. The molecule has 0 unspecified atom stereocenters. The second-order valence-electron chi connectivity index (χ2n) is 10.6. The third-order valence-electron chi connectivity index (χ3n) is 7.84. The molecule has 2 atom stereocenters. The summed E-state index contributed by atoms with van der Waals surface area (Å²) in [6, 6.07) is 17.6. The van der Waals surface area contributed by atoms with Gasteiger partial charge in [-0.15, -0.1) is 0 Å². The first-order valence-electron chi connectivity index (χ1n) is 13.6. The van der Waals surface area contributed by atoms with Crippen LogP contribution in [0.25, 0.3) is 22.3 Å². The van der Waals surface area contributed by atoms with Gasteiger partial charge in [-0.1, -0.05) is 12.1 Å². The van der Waals surface area contributed by atoms with E-state index in [9.17, 15) is 13.2 Å². The van der Waals surface area contributed by atoms with E-state index in [2.05, 4.69) is 26.6 Å². The van der Waals surface area contributed by atoms with Crippen molar-refractivity contribution in [2.24, 2.45) is 0 Å². The number of hydrogen-bond acceptors (Lipinski definition) is 8. The molecule has 2 N–H and O–H groups in total. The van der Waals surface area contributed by atoms with E-state index in [4.69, 9.17) is 9.97 Å². The first kappa shape index (κ1) is 26.3. The van der Waals surface area contributed by atoms with Crippen molar-refractivity contribution < 1.29 is 13.2 Å². The number of aromatic nitrogens is 3. The molecule has 4 heterocycles. The van der Waals surface area contributed by atoms with Gasteiger partial charge in [0, 0.05) is 48.6 Å². The van der Waals surface area contributed by atoms with Gasteiger partial charge in [-0.3, -0.25) is 9.78 Å². The van der Waals surface area contributed by atoms with Gasteiger partial charge in [0.2, 0.25) is 0 Å². The van der Waals surface area contributed by atoms with Crippen LogP contribution in [0.4, 0.5) is 5.82 Å². The molecule has 4 aromatic rings. The summed E-state index contributed by atoms with van der Waals surface area (Å²) in [6.07, 6.45) is 6.53. The molecule has 1 amide bonds. The second kappa shape index (κ2) is 10.6. The van der Waals surface area contributed by atoms with E-state index in [1.807, 2.05) is 30.3 Å². The average Bonchev–Trinajstić information content (AvgIpc) is 3.44. The molecule has 0 bridgehead atoms. The Hall–Kier alpha value is -3.89. The summed E-state index contributed by atoms with van der Waals surface area (Å²) >= 11 is 0. The zero-order chi connectivity index (χ0) is 27.9. The molecule has 2 aliphatic rings. The van der Waals surface area contributed by atoms with Crippen LogP contribution < -0.4 is 15.5 Å². The Kier molecular flexibility index (Phi) is 6.97. The number of hydrogen-bond donors (Lipinski definition) is 2. The van der Waals surface area contributed by atoms with Crippen molar-refractivity contribution in [3.63, 3.8) is 0 Å². The standard InChI is InChI=1S/C30H32N6O3S/c1-19-9-10-20(15-28(19)40(2,38)39)30(37)33-18-22-16-26-21(17-32-22)11-12-24(34-26)23-5-4-8-29(35-23)36-14-13-31-25-6-3-7-27(25)36/h4-5,8-12,15-17,25,27,31H,3,6-7,13-14,18H2,1-2H3,(H,33,37)/t25-,27+/m0/s1. The Morgan fingerprint density at radius 1 is 1.07 bits per heavy atom. The molecule has 0 spiro atoms. The van der Waals surface area contributed by atoms with Gasteiger partial charge >= 0.3 is 0 Å². The Bertz CT molecular complexity index is 1710. The molecule has 9 nitrogen and oxygen atoms in total. The third-order valence-corrected chi connectivity index (χ3v) is 9.08. The van der Waals surface area contributed by atoms with Crippen molar-refractivity contribution in [3.8, 4) is 11.4 Å². The van der Waals surface area contributed by atoms with E-state index >= 15 is 0 Å².